The van der Waals surface area contributed by atoms with Gasteiger partial charge in [-0.3, -0.25) is 0 Å². The largest absolute Gasteiger partial charge is 0.0894 e. The normalized spacial score (nSPS) is 13.3. The average molecular weight is 1820 g/mol. The summed E-state index contributed by atoms with van der Waals surface area (Å²) in [5.74, 6) is 0. The first-order chi connectivity index (χ1) is 67.4. The van der Waals surface area contributed by atoms with Crippen molar-refractivity contribution in [2.75, 3.05) is 0 Å². The Morgan fingerprint density at radius 1 is 0.161 bits per heavy atom. The highest BCUT2D eigenvalue weighted by Gasteiger charge is 2.52. The molecule has 666 valence electrons. The number of benzene rings is 20. The minimum Gasteiger partial charge on any atom is -0.0894 e. The highest BCUT2D eigenvalue weighted by atomic mass is 32.2. The molecule has 0 saturated heterocycles. The van der Waals surface area contributed by atoms with Crippen LogP contribution < -0.4 is 0 Å². The van der Waals surface area contributed by atoms with Crippen LogP contribution in [0.3, 0.4) is 0 Å². The van der Waals surface area contributed by atoms with Crippen LogP contribution in [-0.4, -0.2) is 0 Å². The molecule has 0 saturated carbocycles. The van der Waals surface area contributed by atoms with Gasteiger partial charge >= 0.3 is 0 Å². The van der Waals surface area contributed by atoms with Crippen LogP contribution in [0.4, 0.5) is 0 Å². The summed E-state index contributed by atoms with van der Waals surface area (Å²) in [7, 11) is 0. The second-order valence-electron chi connectivity index (χ2n) is 36.9. The fourth-order valence-corrected chi connectivity index (χ4v) is 26.6. The van der Waals surface area contributed by atoms with Gasteiger partial charge in [0.2, 0.25) is 0 Å². The first-order valence-electron chi connectivity index (χ1n) is 49.0. The number of rotatable bonds is 6. The lowest BCUT2D eigenvalue weighted by Crippen LogP contribution is -2.34. The predicted molar refractivity (Wildman–Crippen MR) is 585 cm³/mol. The molecule has 0 amide bonds. The maximum absolute atomic E-state index is 2.46. The van der Waals surface area contributed by atoms with Gasteiger partial charge in [-0.25, -0.2) is 0 Å². The van der Waals surface area contributed by atoms with E-state index >= 15 is 0 Å². The van der Waals surface area contributed by atoms with Crippen molar-refractivity contribution >= 4 is 56.8 Å². The molecule has 3 aliphatic carbocycles. The fourth-order valence-electron chi connectivity index (χ4n) is 22.9. The SMILES string of the molecule is CCc1cc(C)cc(CC)c1.CCc1cc(C)cc(CC)c1.CCc1cc(C)cc(CC)c1.c1ccc2c(c1)Sc1c(ccc3ccccc13)C21c2ccccc2-c2ccccc2-c2ccccc21.c1ccc2c(c1)Sc1cc3ccccc3cc1C21c2ccccc2-c2ccccc2-c2ccccc21.c1ccc2c(c1)Sc1ccccc1C21c2ccccc2-c2ccccc2-c2ccccc21. The Balaban J connectivity index is 0.000000105. The summed E-state index contributed by atoms with van der Waals surface area (Å²) in [6, 6.07) is 165. The minimum atomic E-state index is -0.423. The molecular weight excluding hydrogens is 1710 g/mol. The molecular formula is C134H112S3. The third-order valence-corrected chi connectivity index (χ3v) is 32.4. The summed E-state index contributed by atoms with van der Waals surface area (Å²) < 4.78 is 0. The smallest absolute Gasteiger partial charge is 0.0735 e. The van der Waals surface area contributed by atoms with Gasteiger partial charge in [0.25, 0.3) is 0 Å². The van der Waals surface area contributed by atoms with E-state index in [-0.39, 0.29) is 5.41 Å². The summed E-state index contributed by atoms with van der Waals surface area (Å²) in [5, 5.41) is 5.19. The Morgan fingerprint density at radius 2 is 0.380 bits per heavy atom. The summed E-state index contributed by atoms with van der Waals surface area (Å²) in [6.07, 6.45) is 6.88. The van der Waals surface area contributed by atoms with E-state index in [0.29, 0.717) is 0 Å². The lowest BCUT2D eigenvalue weighted by molar-refractivity contribution is 0.708. The lowest BCUT2D eigenvalue weighted by atomic mass is 9.63. The summed E-state index contributed by atoms with van der Waals surface area (Å²) in [5.41, 5.74) is 43.8. The van der Waals surface area contributed by atoms with Gasteiger partial charge in [-0.15, -0.1) is 0 Å². The summed E-state index contributed by atoms with van der Waals surface area (Å²) >= 11 is 5.71. The summed E-state index contributed by atoms with van der Waals surface area (Å²) in [6.45, 7) is 19.7. The molecule has 0 radical (unpaired) electrons. The number of hydrogen-bond donors (Lipinski definition) is 0. The van der Waals surface area contributed by atoms with Crippen LogP contribution in [0.1, 0.15) is 158 Å². The average Bonchev–Trinajstić information content (AvgIpc) is 1.64. The van der Waals surface area contributed by atoms with Crippen molar-refractivity contribution in [3.63, 3.8) is 0 Å². The van der Waals surface area contributed by atoms with Gasteiger partial charge in [0.1, 0.15) is 0 Å². The maximum Gasteiger partial charge on any atom is 0.0735 e. The van der Waals surface area contributed by atoms with E-state index in [9.17, 15) is 0 Å². The van der Waals surface area contributed by atoms with Crippen molar-refractivity contribution in [2.45, 2.75) is 146 Å². The maximum atomic E-state index is 2.46. The monoisotopic (exact) mass is 1820 g/mol. The molecule has 3 spiro atoms. The Labute approximate surface area is 823 Å². The molecule has 6 aliphatic rings. The standard InChI is InChI=1S/2C35H22S.C31H20S.3C11H16/c1-2-12-24-22-34-32(21-23(24)11-1)35(31-19-9-10-20-33(31)36-34)29-17-7-5-15-27(29)25-13-3-4-14-26(25)28-16-6-8-18-30(28)35;1-2-12-24-23(11-1)21-22-32-34(24)36-33-20-10-9-19-31(33)35(32)29-17-7-5-15-27(29)25-13-3-4-14-26(25)28-16-6-8-18-30(28)35;1-2-12-22-21(11-1)23-13-3-5-15-25(23)31(26-16-6-4-14-24(22)26)27-17-7-9-19-29(27)32-30-20-10-8-18-28(30)31;3*1-4-10-6-9(3)7-11(5-2)8-10/h2*1-22H;1-20H;3*6-8H,4-5H2,1-3H3. The van der Waals surface area contributed by atoms with Crippen LogP contribution in [0.25, 0.3) is 88.3 Å². The zero-order chi connectivity index (χ0) is 93.3. The Morgan fingerprint density at radius 3 is 0.679 bits per heavy atom. The Hall–Kier alpha value is -14.0. The van der Waals surface area contributed by atoms with Crippen molar-refractivity contribution in [3.05, 3.63) is 560 Å². The molecule has 0 aromatic heterocycles. The molecule has 0 fully saturated rings. The van der Waals surface area contributed by atoms with Crippen molar-refractivity contribution in [1.29, 1.82) is 0 Å². The molecule has 0 atom stereocenters. The molecule has 3 heterocycles. The highest BCUT2D eigenvalue weighted by Crippen LogP contribution is 2.66. The van der Waals surface area contributed by atoms with Crippen molar-refractivity contribution in [3.8, 4) is 66.8 Å². The van der Waals surface area contributed by atoms with E-state index in [1.165, 1.54) is 235 Å². The number of fused-ring (bicyclic) bond motifs is 36. The highest BCUT2D eigenvalue weighted by molar-refractivity contribution is 8.00. The zero-order valence-electron chi connectivity index (χ0n) is 79.6. The molecule has 3 aliphatic heterocycles. The fraction of sp³-hybridized carbons (Fsp3) is 0.134. The van der Waals surface area contributed by atoms with E-state index in [1.54, 1.807) is 0 Å². The van der Waals surface area contributed by atoms with Gasteiger partial charge in [0.05, 0.1) is 16.2 Å². The molecule has 20 aromatic carbocycles. The second-order valence-corrected chi connectivity index (χ2v) is 40.1. The van der Waals surface area contributed by atoms with Crippen LogP contribution in [0.5, 0.6) is 0 Å². The van der Waals surface area contributed by atoms with Gasteiger partial charge in [0.15, 0.2) is 0 Å². The lowest BCUT2D eigenvalue weighted by Gasteiger charge is -2.43. The van der Waals surface area contributed by atoms with Gasteiger partial charge in [0, 0.05) is 29.4 Å². The predicted octanol–water partition coefficient (Wildman–Crippen LogP) is 36.2. The molecule has 0 bridgehead atoms. The molecule has 3 heteroatoms. The first-order valence-corrected chi connectivity index (χ1v) is 51.5. The molecule has 0 unspecified atom stereocenters. The molecule has 26 rings (SSSR count). The van der Waals surface area contributed by atoms with Gasteiger partial charge in [-0.1, -0.05) is 500 Å². The molecule has 0 N–H and O–H groups in total. The quantitative estimate of drug-likeness (QED) is 0.163. The van der Waals surface area contributed by atoms with E-state index in [1.807, 2.05) is 35.3 Å². The van der Waals surface area contributed by atoms with E-state index in [2.05, 4.69) is 505 Å². The van der Waals surface area contributed by atoms with E-state index in [0.717, 1.165) is 38.5 Å². The van der Waals surface area contributed by atoms with Gasteiger partial charge in [-0.05, 0) is 284 Å². The topological polar surface area (TPSA) is 0 Å². The number of aryl methyl sites for hydroxylation is 9. The zero-order valence-corrected chi connectivity index (χ0v) is 82.1. The third-order valence-electron chi connectivity index (χ3n) is 28.9. The first kappa shape index (κ1) is 89.5. The van der Waals surface area contributed by atoms with Crippen molar-refractivity contribution < 1.29 is 0 Å². The van der Waals surface area contributed by atoms with Crippen LogP contribution >= 0.6 is 35.3 Å². The molecule has 0 nitrogen and oxygen atoms in total. The van der Waals surface area contributed by atoms with Crippen molar-refractivity contribution in [2.24, 2.45) is 0 Å². The number of hydrogen-bond acceptors (Lipinski definition) is 3. The summed E-state index contributed by atoms with van der Waals surface area (Å²) in [4.78, 5) is 8.03. The Kier molecular flexibility index (Phi) is 25.2. The van der Waals surface area contributed by atoms with Crippen LogP contribution in [-0.2, 0) is 54.8 Å². The Bertz CT molecular complexity index is 7370. The molecule has 137 heavy (non-hydrogen) atoms. The molecule has 20 aromatic rings. The van der Waals surface area contributed by atoms with Gasteiger partial charge < -0.3 is 0 Å². The van der Waals surface area contributed by atoms with Crippen molar-refractivity contribution in [1.82, 2.24) is 0 Å². The van der Waals surface area contributed by atoms with E-state index < -0.39 is 10.8 Å². The third kappa shape index (κ3) is 15.9. The van der Waals surface area contributed by atoms with Gasteiger partial charge in [-0.2, -0.15) is 0 Å². The minimum absolute atomic E-state index is 0.370. The second kappa shape index (κ2) is 38.6. The van der Waals surface area contributed by atoms with E-state index in [4.69, 9.17) is 0 Å². The van der Waals surface area contributed by atoms with Crippen LogP contribution in [0.2, 0.25) is 0 Å². The van der Waals surface area contributed by atoms with Crippen LogP contribution in [0.15, 0.2) is 472 Å². The van der Waals surface area contributed by atoms with Crippen LogP contribution in [0, 0.1) is 20.8 Å².